The topological polar surface area (TPSA) is 91.8 Å². The minimum absolute atomic E-state index is 0.0270. The van der Waals surface area contributed by atoms with Crippen LogP contribution in [-0.4, -0.2) is 39.4 Å². The molecule has 0 radical (unpaired) electrons. The van der Waals surface area contributed by atoms with Gasteiger partial charge in [0.05, 0.1) is 17.3 Å². The summed E-state index contributed by atoms with van der Waals surface area (Å²) in [5.74, 6) is -2.29. The van der Waals surface area contributed by atoms with Crippen molar-refractivity contribution < 1.29 is 24.3 Å². The summed E-state index contributed by atoms with van der Waals surface area (Å²) in [4.78, 5) is 57.8. The Hall–Kier alpha value is -3.54. The molecule has 2 aromatic carbocycles. The number of rotatable bonds is 2. The molecule has 1 saturated heterocycles. The van der Waals surface area contributed by atoms with Crippen LogP contribution in [0.4, 0.5) is 0 Å². The van der Waals surface area contributed by atoms with Crippen LogP contribution in [0.15, 0.2) is 59.2 Å². The largest absolute Gasteiger partial charge is 0.507 e. The second-order valence-electron chi connectivity index (χ2n) is 13.2. The highest BCUT2D eigenvalue weighted by Crippen LogP contribution is 2.63. The van der Waals surface area contributed by atoms with Crippen molar-refractivity contribution in [3.63, 3.8) is 0 Å². The zero-order chi connectivity index (χ0) is 28.8. The van der Waals surface area contributed by atoms with Gasteiger partial charge in [0.25, 0.3) is 0 Å². The molecule has 0 unspecified atom stereocenters. The molecule has 1 N–H and O–H groups in total. The standard InChI is InChI=1S/C35H37NO5/c1-18-19(2)32(39)35(3)27(31(18)38)17-26-24(30(35)23-15-16-28(37)22-12-8-7-11-21(22)23)13-14-25-29(26)34(41)36(33(25)40)20-9-5-4-6-10-20/h7-8,11-13,15-16,20,25-27,29-30,37H,4-6,9-10,14,17H2,1-3H3/t25-,26+,27-,29-,30-,35+/m0/s1. The van der Waals surface area contributed by atoms with E-state index in [4.69, 9.17) is 0 Å². The number of phenols is 1. The van der Waals surface area contributed by atoms with Crippen LogP contribution in [0.1, 0.15) is 77.2 Å². The van der Waals surface area contributed by atoms with E-state index in [-0.39, 0.29) is 41.1 Å². The molecule has 212 valence electrons. The number of allylic oxidation sites excluding steroid dienone is 4. The quantitative estimate of drug-likeness (QED) is 0.364. The van der Waals surface area contributed by atoms with Crippen molar-refractivity contribution in [3.8, 4) is 5.75 Å². The Morgan fingerprint density at radius 3 is 2.29 bits per heavy atom. The molecule has 7 rings (SSSR count). The molecule has 41 heavy (non-hydrogen) atoms. The molecule has 5 aliphatic rings. The van der Waals surface area contributed by atoms with Gasteiger partial charge < -0.3 is 5.11 Å². The Balaban J connectivity index is 1.42. The second kappa shape index (κ2) is 9.23. The van der Waals surface area contributed by atoms with Gasteiger partial charge in [0.2, 0.25) is 11.8 Å². The van der Waals surface area contributed by atoms with Crippen LogP contribution in [0.5, 0.6) is 5.75 Å². The number of hydrogen-bond acceptors (Lipinski definition) is 5. The van der Waals surface area contributed by atoms with E-state index in [1.807, 2.05) is 37.3 Å². The van der Waals surface area contributed by atoms with Crippen LogP contribution in [0.3, 0.4) is 0 Å². The van der Waals surface area contributed by atoms with Crippen molar-refractivity contribution in [2.75, 3.05) is 0 Å². The van der Waals surface area contributed by atoms with E-state index in [2.05, 4.69) is 6.08 Å². The lowest BCUT2D eigenvalue weighted by atomic mass is 9.46. The molecule has 2 aromatic rings. The highest BCUT2D eigenvalue weighted by molar-refractivity contribution is 6.16. The van der Waals surface area contributed by atoms with Gasteiger partial charge >= 0.3 is 0 Å². The third-order valence-electron chi connectivity index (χ3n) is 11.4. The second-order valence-corrected chi connectivity index (χ2v) is 13.2. The van der Waals surface area contributed by atoms with Crippen LogP contribution >= 0.6 is 0 Å². The summed E-state index contributed by atoms with van der Waals surface area (Å²) in [6, 6.07) is 11.1. The van der Waals surface area contributed by atoms with E-state index >= 15 is 0 Å². The fraction of sp³-hybridized carbons (Fsp3) is 0.486. The minimum atomic E-state index is -1.04. The fourth-order valence-corrected chi connectivity index (χ4v) is 9.21. The molecular weight excluding hydrogens is 514 g/mol. The lowest BCUT2D eigenvalue weighted by molar-refractivity contribution is -0.144. The molecule has 3 fully saturated rings. The predicted octanol–water partition coefficient (Wildman–Crippen LogP) is 6.02. The number of carbonyl (C=O) groups excluding carboxylic acids is 4. The molecule has 6 nitrogen and oxygen atoms in total. The average Bonchev–Trinajstić information content (AvgIpc) is 3.25. The average molecular weight is 552 g/mol. The van der Waals surface area contributed by atoms with Gasteiger partial charge in [-0.2, -0.15) is 0 Å². The zero-order valence-corrected chi connectivity index (χ0v) is 24.0. The smallest absolute Gasteiger partial charge is 0.233 e. The Kier molecular flexibility index (Phi) is 5.94. The number of carbonyl (C=O) groups is 4. The maximum atomic E-state index is 14.3. The van der Waals surface area contributed by atoms with Gasteiger partial charge in [0, 0.05) is 23.3 Å². The summed E-state index contributed by atoms with van der Waals surface area (Å²) in [6.07, 6.45) is 7.90. The first-order valence-corrected chi connectivity index (χ1v) is 15.2. The third kappa shape index (κ3) is 3.49. The van der Waals surface area contributed by atoms with E-state index in [1.54, 1.807) is 24.8 Å². The van der Waals surface area contributed by atoms with Gasteiger partial charge in [-0.1, -0.05) is 68.2 Å². The monoisotopic (exact) mass is 551 g/mol. The Labute approximate surface area is 240 Å². The number of imide groups is 1. The van der Waals surface area contributed by atoms with Gasteiger partial charge in [-0.3, -0.25) is 24.1 Å². The maximum absolute atomic E-state index is 14.3. The number of hydrogen-bond donors (Lipinski definition) is 1. The van der Waals surface area contributed by atoms with Gasteiger partial charge in [0.1, 0.15) is 5.75 Å². The number of aromatic hydroxyl groups is 1. The minimum Gasteiger partial charge on any atom is -0.507 e. The molecular formula is C35H37NO5. The summed E-state index contributed by atoms with van der Waals surface area (Å²) >= 11 is 0. The molecule has 0 bridgehead atoms. The molecule has 6 atom stereocenters. The Bertz CT molecular complexity index is 1590. The summed E-state index contributed by atoms with van der Waals surface area (Å²) < 4.78 is 0. The van der Waals surface area contributed by atoms with E-state index in [1.165, 1.54) is 0 Å². The summed E-state index contributed by atoms with van der Waals surface area (Å²) in [6.45, 7) is 5.42. The number of amides is 2. The van der Waals surface area contributed by atoms with Crippen molar-refractivity contribution in [2.45, 2.75) is 77.7 Å². The van der Waals surface area contributed by atoms with Gasteiger partial charge in [-0.15, -0.1) is 0 Å². The number of likely N-dealkylation sites (tertiary alicyclic amines) is 1. The molecule has 2 amide bonds. The SMILES string of the molecule is CC1=C(C)C(=O)[C@@]2(C)[C@@H](c3ccc(O)c4ccccc34)C3=CC[C@@H]4C(=O)N(C5CCCCC5)C(=O)[C@@H]4[C@@H]3C[C@H]2C1=O. The highest BCUT2D eigenvalue weighted by atomic mass is 16.3. The molecule has 4 aliphatic carbocycles. The number of fused-ring (bicyclic) bond motifs is 5. The van der Waals surface area contributed by atoms with Crippen LogP contribution in [0.2, 0.25) is 0 Å². The Morgan fingerprint density at radius 2 is 1.56 bits per heavy atom. The number of Topliss-reactive ketones (excluding diaryl/α,β-unsaturated/α-hetero) is 2. The summed E-state index contributed by atoms with van der Waals surface area (Å²) in [7, 11) is 0. The predicted molar refractivity (Wildman–Crippen MR) is 155 cm³/mol. The fourth-order valence-electron chi connectivity index (χ4n) is 9.21. The number of ketones is 2. The van der Waals surface area contributed by atoms with Crippen molar-refractivity contribution >= 4 is 34.2 Å². The number of benzene rings is 2. The lowest BCUT2D eigenvalue weighted by Gasteiger charge is -2.54. The van der Waals surface area contributed by atoms with Crippen molar-refractivity contribution in [3.05, 3.63) is 64.8 Å². The summed E-state index contributed by atoms with van der Waals surface area (Å²) in [5, 5.41) is 12.2. The molecule has 6 heteroatoms. The molecule has 1 aliphatic heterocycles. The third-order valence-corrected chi connectivity index (χ3v) is 11.4. The van der Waals surface area contributed by atoms with Crippen molar-refractivity contribution in [1.82, 2.24) is 4.90 Å². The number of phenolic OH excluding ortho intramolecular Hbond substituents is 1. The molecule has 0 aromatic heterocycles. The zero-order valence-electron chi connectivity index (χ0n) is 24.0. The van der Waals surface area contributed by atoms with Crippen LogP contribution in [0, 0.1) is 29.1 Å². The highest BCUT2D eigenvalue weighted by Gasteiger charge is 2.64. The Morgan fingerprint density at radius 1 is 0.854 bits per heavy atom. The molecule has 1 heterocycles. The van der Waals surface area contributed by atoms with E-state index < -0.39 is 29.1 Å². The van der Waals surface area contributed by atoms with Crippen LogP contribution in [0.25, 0.3) is 10.8 Å². The van der Waals surface area contributed by atoms with Crippen molar-refractivity contribution in [1.29, 1.82) is 0 Å². The first-order chi connectivity index (χ1) is 19.7. The van der Waals surface area contributed by atoms with Crippen LogP contribution in [-0.2, 0) is 19.2 Å². The van der Waals surface area contributed by atoms with Gasteiger partial charge in [0.15, 0.2) is 11.6 Å². The van der Waals surface area contributed by atoms with Crippen molar-refractivity contribution in [2.24, 2.45) is 29.1 Å². The number of nitrogens with zero attached hydrogens (tertiary/aromatic N) is 1. The van der Waals surface area contributed by atoms with Gasteiger partial charge in [-0.25, -0.2) is 0 Å². The van der Waals surface area contributed by atoms with E-state index in [9.17, 15) is 24.3 Å². The molecule has 0 spiro atoms. The van der Waals surface area contributed by atoms with Crippen LogP contribution < -0.4 is 0 Å². The van der Waals surface area contributed by atoms with Gasteiger partial charge in [-0.05, 0) is 73.6 Å². The maximum Gasteiger partial charge on any atom is 0.233 e. The van der Waals surface area contributed by atoms with E-state index in [0.717, 1.165) is 48.6 Å². The lowest BCUT2D eigenvalue weighted by Crippen LogP contribution is -2.55. The first kappa shape index (κ1) is 26.4. The normalized spacial score (nSPS) is 34.1. The molecule has 2 saturated carbocycles. The first-order valence-electron chi connectivity index (χ1n) is 15.2. The van der Waals surface area contributed by atoms with E-state index in [0.29, 0.717) is 29.4 Å². The summed E-state index contributed by atoms with van der Waals surface area (Å²) in [5.41, 5.74) is 1.86.